The van der Waals surface area contributed by atoms with Gasteiger partial charge in [-0.3, -0.25) is 9.58 Å². The Morgan fingerprint density at radius 3 is 2.68 bits per heavy atom. The third kappa shape index (κ3) is 3.74. The van der Waals surface area contributed by atoms with Crippen LogP contribution < -0.4 is 10.2 Å². The van der Waals surface area contributed by atoms with E-state index in [9.17, 15) is 0 Å². The highest BCUT2D eigenvalue weighted by Gasteiger charge is 2.24. The molecule has 2 aliphatic rings. The fourth-order valence-corrected chi connectivity index (χ4v) is 3.43. The number of aromatic nitrogens is 2. The van der Waals surface area contributed by atoms with E-state index in [4.69, 9.17) is 4.74 Å². The van der Waals surface area contributed by atoms with Gasteiger partial charge >= 0.3 is 0 Å². The fourth-order valence-electron chi connectivity index (χ4n) is 3.43. The van der Waals surface area contributed by atoms with Crippen molar-refractivity contribution in [2.75, 3.05) is 50.8 Å². The summed E-state index contributed by atoms with van der Waals surface area (Å²) in [7, 11) is 2.06. The molecule has 6 nitrogen and oxygen atoms in total. The fraction of sp³-hybridized carbons (Fsp3) is 0.800. The van der Waals surface area contributed by atoms with Gasteiger partial charge in [-0.25, -0.2) is 0 Å². The van der Waals surface area contributed by atoms with E-state index in [1.54, 1.807) is 0 Å². The summed E-state index contributed by atoms with van der Waals surface area (Å²) in [5.41, 5.74) is 2.54. The van der Waals surface area contributed by atoms with E-state index < -0.39 is 0 Å². The van der Waals surface area contributed by atoms with E-state index in [0.717, 1.165) is 58.2 Å². The highest BCUT2D eigenvalue weighted by Crippen LogP contribution is 2.26. The minimum atomic E-state index is 0. The van der Waals surface area contributed by atoms with Gasteiger partial charge in [-0.2, -0.15) is 5.10 Å². The van der Waals surface area contributed by atoms with Crippen molar-refractivity contribution in [1.82, 2.24) is 20.0 Å². The van der Waals surface area contributed by atoms with Gasteiger partial charge in [0.25, 0.3) is 0 Å². The Bertz CT molecular complexity index is 487. The first kappa shape index (κ1) is 17.5. The van der Waals surface area contributed by atoms with Gasteiger partial charge in [-0.1, -0.05) is 0 Å². The second-order valence-electron chi connectivity index (χ2n) is 6.20. The molecule has 7 heteroatoms. The molecule has 0 unspecified atom stereocenters. The van der Waals surface area contributed by atoms with Crippen molar-refractivity contribution in [2.24, 2.45) is 7.05 Å². The highest BCUT2D eigenvalue weighted by atomic mass is 35.5. The van der Waals surface area contributed by atoms with Gasteiger partial charge in [-0.05, 0) is 13.8 Å². The number of anilines is 1. The lowest BCUT2D eigenvalue weighted by atomic mass is 10.1. The average Bonchev–Trinajstić information content (AvgIpc) is 2.74. The van der Waals surface area contributed by atoms with Crippen LogP contribution in [0.4, 0.5) is 5.82 Å². The first-order valence-corrected chi connectivity index (χ1v) is 7.96. The molecule has 3 heterocycles. The summed E-state index contributed by atoms with van der Waals surface area (Å²) in [6, 6.07) is 0.572. The van der Waals surface area contributed by atoms with Gasteiger partial charge in [0.1, 0.15) is 5.82 Å². The summed E-state index contributed by atoms with van der Waals surface area (Å²) in [5.74, 6) is 1.28. The van der Waals surface area contributed by atoms with Crippen LogP contribution in [0, 0.1) is 6.92 Å². The molecule has 0 aromatic carbocycles. The zero-order valence-corrected chi connectivity index (χ0v) is 14.7. The van der Waals surface area contributed by atoms with Crippen LogP contribution in [0.3, 0.4) is 0 Å². The zero-order valence-electron chi connectivity index (χ0n) is 13.8. The molecule has 126 valence electrons. The molecular weight excluding hydrogens is 302 g/mol. The molecule has 0 radical (unpaired) electrons. The molecule has 22 heavy (non-hydrogen) atoms. The monoisotopic (exact) mass is 329 g/mol. The Kier molecular flexibility index (Phi) is 6.09. The van der Waals surface area contributed by atoms with Crippen molar-refractivity contribution >= 4 is 18.2 Å². The van der Waals surface area contributed by atoms with E-state index in [0.29, 0.717) is 6.04 Å². The van der Waals surface area contributed by atoms with E-state index in [1.165, 1.54) is 11.4 Å². The molecule has 0 amide bonds. The lowest BCUT2D eigenvalue weighted by Gasteiger charge is -2.34. The second kappa shape index (κ2) is 7.64. The number of rotatable bonds is 3. The SMILES string of the molecule is Cc1nn(C)c(N2CCOCC2)c1CN1CCN[C@H](C)C1.Cl. The van der Waals surface area contributed by atoms with Gasteiger partial charge in [0.2, 0.25) is 0 Å². The molecule has 1 aromatic heterocycles. The van der Waals surface area contributed by atoms with Crippen LogP contribution in [-0.4, -0.2) is 66.7 Å². The van der Waals surface area contributed by atoms with Gasteiger partial charge in [-0.15, -0.1) is 12.4 Å². The van der Waals surface area contributed by atoms with Crippen molar-refractivity contribution < 1.29 is 4.74 Å². The normalized spacial score (nSPS) is 23.4. The average molecular weight is 330 g/mol. The number of hydrogen-bond donors (Lipinski definition) is 1. The Hall–Kier alpha value is -0.820. The summed E-state index contributed by atoms with van der Waals surface area (Å²) in [4.78, 5) is 4.96. The second-order valence-corrected chi connectivity index (χ2v) is 6.20. The Labute approximate surface area is 139 Å². The lowest BCUT2D eigenvalue weighted by Crippen LogP contribution is -2.48. The summed E-state index contributed by atoms with van der Waals surface area (Å²) in [6.07, 6.45) is 0. The Morgan fingerprint density at radius 2 is 2.00 bits per heavy atom. The number of ether oxygens (including phenoxy) is 1. The quantitative estimate of drug-likeness (QED) is 0.888. The molecule has 0 spiro atoms. The van der Waals surface area contributed by atoms with Crippen molar-refractivity contribution in [3.63, 3.8) is 0 Å². The van der Waals surface area contributed by atoms with Crippen LogP contribution in [0.5, 0.6) is 0 Å². The van der Waals surface area contributed by atoms with Crippen LogP contribution in [0.15, 0.2) is 0 Å². The lowest BCUT2D eigenvalue weighted by molar-refractivity contribution is 0.122. The topological polar surface area (TPSA) is 45.6 Å². The maximum Gasteiger partial charge on any atom is 0.131 e. The molecule has 0 saturated carbocycles. The van der Waals surface area contributed by atoms with Gasteiger partial charge in [0, 0.05) is 57.9 Å². The number of halogens is 1. The van der Waals surface area contributed by atoms with E-state index in [-0.39, 0.29) is 12.4 Å². The van der Waals surface area contributed by atoms with Crippen molar-refractivity contribution in [3.8, 4) is 0 Å². The minimum absolute atomic E-state index is 0. The molecule has 1 N–H and O–H groups in total. The van der Waals surface area contributed by atoms with E-state index in [2.05, 4.69) is 41.1 Å². The first-order valence-electron chi connectivity index (χ1n) is 7.96. The van der Waals surface area contributed by atoms with Crippen molar-refractivity contribution in [3.05, 3.63) is 11.3 Å². The molecule has 2 fully saturated rings. The van der Waals surface area contributed by atoms with Crippen LogP contribution in [0.25, 0.3) is 0 Å². The highest BCUT2D eigenvalue weighted by molar-refractivity contribution is 5.85. The molecule has 2 saturated heterocycles. The molecular formula is C15H28ClN5O. The number of piperazine rings is 1. The molecule has 2 aliphatic heterocycles. The largest absolute Gasteiger partial charge is 0.378 e. The number of aryl methyl sites for hydroxylation is 2. The number of hydrogen-bond acceptors (Lipinski definition) is 5. The van der Waals surface area contributed by atoms with Gasteiger partial charge in [0.05, 0.1) is 18.9 Å². The zero-order chi connectivity index (χ0) is 14.8. The predicted octanol–water partition coefficient (Wildman–Crippen LogP) is 0.781. The van der Waals surface area contributed by atoms with Crippen LogP contribution >= 0.6 is 12.4 Å². The van der Waals surface area contributed by atoms with Crippen LogP contribution in [-0.2, 0) is 18.3 Å². The van der Waals surface area contributed by atoms with Crippen LogP contribution in [0.2, 0.25) is 0 Å². The summed E-state index contributed by atoms with van der Waals surface area (Å²) in [6.45, 7) is 12.2. The Balaban J connectivity index is 0.00000176. The van der Waals surface area contributed by atoms with E-state index in [1.807, 2.05) is 4.68 Å². The maximum absolute atomic E-state index is 5.48. The van der Waals surface area contributed by atoms with Crippen molar-refractivity contribution in [2.45, 2.75) is 26.4 Å². The number of nitrogens with zero attached hydrogens (tertiary/aromatic N) is 4. The molecule has 1 atom stereocenters. The van der Waals surface area contributed by atoms with E-state index >= 15 is 0 Å². The van der Waals surface area contributed by atoms with Crippen molar-refractivity contribution in [1.29, 1.82) is 0 Å². The molecule has 1 aromatic rings. The summed E-state index contributed by atoms with van der Waals surface area (Å²) in [5, 5.41) is 8.17. The number of morpholine rings is 1. The van der Waals surface area contributed by atoms with Gasteiger partial charge in [0.15, 0.2) is 0 Å². The third-order valence-electron chi connectivity index (χ3n) is 4.46. The number of nitrogens with one attached hydrogen (secondary N) is 1. The standard InChI is InChI=1S/C15H27N5O.ClH/c1-12-10-19(5-4-16-12)11-14-13(2)17-18(3)15(14)20-6-8-21-9-7-20;/h12,16H,4-11H2,1-3H3;1H/t12-;/m1./s1. The third-order valence-corrected chi connectivity index (χ3v) is 4.46. The summed E-state index contributed by atoms with van der Waals surface area (Å²) < 4.78 is 7.53. The predicted molar refractivity (Wildman–Crippen MR) is 91.0 cm³/mol. The maximum atomic E-state index is 5.48. The first-order chi connectivity index (χ1) is 10.1. The van der Waals surface area contributed by atoms with Gasteiger partial charge < -0.3 is 15.0 Å². The molecule has 0 aliphatic carbocycles. The Morgan fingerprint density at radius 1 is 1.27 bits per heavy atom. The minimum Gasteiger partial charge on any atom is -0.378 e. The summed E-state index contributed by atoms with van der Waals surface area (Å²) >= 11 is 0. The van der Waals surface area contributed by atoms with Crippen LogP contribution in [0.1, 0.15) is 18.2 Å². The molecule has 3 rings (SSSR count). The molecule has 0 bridgehead atoms. The smallest absolute Gasteiger partial charge is 0.131 e.